The average molecular weight is 378 g/mol. The molecule has 0 unspecified atom stereocenters. The van der Waals surface area contributed by atoms with Crippen LogP contribution in [0.5, 0.6) is 17.2 Å². The number of hydrogen-bond acceptors (Lipinski definition) is 4. The number of rotatable bonds is 4. The number of methoxy groups -OCH3 is 1. The van der Waals surface area contributed by atoms with Crippen LogP contribution in [0.2, 0.25) is 0 Å². The molecule has 0 amide bonds. The van der Waals surface area contributed by atoms with E-state index < -0.39 is 23.1 Å². The SMILES string of the molecule is COc1ccc2c(=O)c(Oc3ccc(C(C)C)cc3)c(C(F)(F)F)oc2c1. The third-order valence-electron chi connectivity index (χ3n) is 4.08. The summed E-state index contributed by atoms with van der Waals surface area (Å²) in [5.74, 6) is -1.73. The largest absolute Gasteiger partial charge is 0.497 e. The summed E-state index contributed by atoms with van der Waals surface area (Å²) in [6.07, 6.45) is -4.90. The fourth-order valence-corrected chi connectivity index (χ4v) is 2.60. The lowest BCUT2D eigenvalue weighted by molar-refractivity contribution is -0.154. The van der Waals surface area contributed by atoms with Gasteiger partial charge in [0.05, 0.1) is 12.5 Å². The smallest absolute Gasteiger partial charge is 0.453 e. The summed E-state index contributed by atoms with van der Waals surface area (Å²) in [7, 11) is 1.36. The molecule has 1 aromatic heterocycles. The fraction of sp³-hybridized carbons (Fsp3) is 0.250. The standard InChI is InChI=1S/C20H17F3O4/c1-11(2)12-4-6-13(7-5-12)26-18-17(24)15-9-8-14(25-3)10-16(15)27-19(18)20(21,22)23/h4-11H,1-3H3. The first-order chi connectivity index (χ1) is 12.7. The van der Waals surface area contributed by atoms with Crippen molar-refractivity contribution in [1.29, 1.82) is 0 Å². The van der Waals surface area contributed by atoms with Crippen LogP contribution in [0.4, 0.5) is 13.2 Å². The Bertz CT molecular complexity index is 1020. The number of ether oxygens (including phenoxy) is 2. The lowest BCUT2D eigenvalue weighted by atomic mass is 10.0. The fourth-order valence-electron chi connectivity index (χ4n) is 2.60. The number of alkyl halides is 3. The van der Waals surface area contributed by atoms with Gasteiger partial charge in [-0.05, 0) is 35.7 Å². The first-order valence-electron chi connectivity index (χ1n) is 8.20. The molecule has 7 heteroatoms. The van der Waals surface area contributed by atoms with Gasteiger partial charge < -0.3 is 13.9 Å². The zero-order chi connectivity index (χ0) is 19.8. The molecule has 3 aromatic rings. The van der Waals surface area contributed by atoms with Gasteiger partial charge in [0, 0.05) is 6.07 Å². The predicted octanol–water partition coefficient (Wildman–Crippen LogP) is 5.74. The van der Waals surface area contributed by atoms with Crippen molar-refractivity contribution in [2.24, 2.45) is 0 Å². The van der Waals surface area contributed by atoms with Crippen molar-refractivity contribution >= 4 is 11.0 Å². The van der Waals surface area contributed by atoms with Crippen molar-refractivity contribution in [3.63, 3.8) is 0 Å². The molecule has 0 fully saturated rings. The van der Waals surface area contributed by atoms with Crippen molar-refractivity contribution < 1.29 is 27.1 Å². The van der Waals surface area contributed by atoms with Crippen molar-refractivity contribution in [3.8, 4) is 17.2 Å². The van der Waals surface area contributed by atoms with Crippen molar-refractivity contribution in [2.45, 2.75) is 25.9 Å². The zero-order valence-electron chi connectivity index (χ0n) is 14.9. The van der Waals surface area contributed by atoms with Crippen molar-refractivity contribution in [3.05, 3.63) is 64.0 Å². The molecular formula is C20H17F3O4. The summed E-state index contributed by atoms with van der Waals surface area (Å²) in [4.78, 5) is 12.6. The summed E-state index contributed by atoms with van der Waals surface area (Å²) in [5, 5.41) is -0.0300. The van der Waals surface area contributed by atoms with Crippen molar-refractivity contribution in [2.75, 3.05) is 7.11 Å². The highest BCUT2D eigenvalue weighted by Gasteiger charge is 2.40. The topological polar surface area (TPSA) is 48.7 Å². The third-order valence-corrected chi connectivity index (χ3v) is 4.08. The summed E-state index contributed by atoms with van der Waals surface area (Å²) in [5.41, 5.74) is -0.135. The highest BCUT2D eigenvalue weighted by molar-refractivity contribution is 5.79. The van der Waals surface area contributed by atoms with Crippen LogP contribution >= 0.6 is 0 Å². The summed E-state index contributed by atoms with van der Waals surface area (Å²) in [6.45, 7) is 3.98. The van der Waals surface area contributed by atoms with Crippen LogP contribution in [0.3, 0.4) is 0 Å². The van der Waals surface area contributed by atoms with E-state index in [-0.39, 0.29) is 28.4 Å². The molecule has 4 nitrogen and oxygen atoms in total. The van der Waals surface area contributed by atoms with Crippen LogP contribution in [-0.2, 0) is 6.18 Å². The second-order valence-electron chi connectivity index (χ2n) is 6.28. The third kappa shape index (κ3) is 3.77. The molecular weight excluding hydrogens is 361 g/mol. The first kappa shape index (κ1) is 18.8. The van der Waals surface area contributed by atoms with Crippen LogP contribution in [-0.4, -0.2) is 7.11 Å². The molecule has 3 rings (SSSR count). The number of hydrogen-bond donors (Lipinski definition) is 0. The van der Waals surface area contributed by atoms with Crippen LogP contribution < -0.4 is 14.9 Å². The Hall–Kier alpha value is -2.96. The second kappa shape index (κ2) is 6.98. The number of fused-ring (bicyclic) bond motifs is 1. The van der Waals surface area contributed by atoms with E-state index in [9.17, 15) is 18.0 Å². The van der Waals surface area contributed by atoms with Crippen LogP contribution in [0, 0.1) is 0 Å². The Morgan fingerprint density at radius 2 is 1.63 bits per heavy atom. The Kier molecular flexibility index (Phi) is 4.87. The Morgan fingerprint density at radius 1 is 1.00 bits per heavy atom. The summed E-state index contributed by atoms with van der Waals surface area (Å²) >= 11 is 0. The van der Waals surface area contributed by atoms with Crippen LogP contribution in [0.25, 0.3) is 11.0 Å². The molecule has 0 spiro atoms. The average Bonchev–Trinajstić information content (AvgIpc) is 2.63. The molecule has 0 atom stereocenters. The Balaban J connectivity index is 2.15. The Labute approximate surface area is 153 Å². The van der Waals surface area contributed by atoms with Gasteiger partial charge in [0.1, 0.15) is 17.1 Å². The van der Waals surface area contributed by atoms with Gasteiger partial charge in [-0.25, -0.2) is 0 Å². The minimum atomic E-state index is -4.90. The molecule has 0 saturated heterocycles. The second-order valence-corrected chi connectivity index (χ2v) is 6.28. The molecule has 0 saturated carbocycles. The van der Waals surface area contributed by atoms with E-state index in [4.69, 9.17) is 13.9 Å². The van der Waals surface area contributed by atoms with Gasteiger partial charge in [0.15, 0.2) is 0 Å². The van der Waals surface area contributed by atoms with E-state index in [0.717, 1.165) is 5.56 Å². The van der Waals surface area contributed by atoms with E-state index in [0.29, 0.717) is 0 Å². The molecule has 0 aliphatic carbocycles. The van der Waals surface area contributed by atoms with Gasteiger partial charge in [0.2, 0.25) is 11.2 Å². The predicted molar refractivity (Wildman–Crippen MR) is 94.6 cm³/mol. The van der Waals surface area contributed by atoms with E-state index in [2.05, 4.69) is 0 Å². The minimum absolute atomic E-state index is 0.0300. The number of benzene rings is 2. The molecule has 0 aliphatic rings. The summed E-state index contributed by atoms with van der Waals surface area (Å²) in [6, 6.07) is 10.6. The van der Waals surface area contributed by atoms with Gasteiger partial charge in [-0.3, -0.25) is 4.79 Å². The first-order valence-corrected chi connectivity index (χ1v) is 8.20. The van der Waals surface area contributed by atoms with Gasteiger partial charge in [-0.1, -0.05) is 26.0 Å². The summed E-state index contributed by atoms with van der Waals surface area (Å²) < 4.78 is 55.7. The maximum Gasteiger partial charge on any atom is 0.453 e. The minimum Gasteiger partial charge on any atom is -0.497 e. The molecule has 0 bridgehead atoms. The maximum atomic E-state index is 13.5. The van der Waals surface area contributed by atoms with E-state index >= 15 is 0 Å². The lowest BCUT2D eigenvalue weighted by Crippen LogP contribution is -2.15. The number of halogens is 3. The van der Waals surface area contributed by atoms with Gasteiger partial charge >= 0.3 is 6.18 Å². The highest BCUT2D eigenvalue weighted by Crippen LogP contribution is 2.38. The van der Waals surface area contributed by atoms with Crippen molar-refractivity contribution in [1.82, 2.24) is 0 Å². The van der Waals surface area contributed by atoms with E-state index in [1.165, 1.54) is 37.4 Å². The highest BCUT2D eigenvalue weighted by atomic mass is 19.4. The lowest BCUT2D eigenvalue weighted by Gasteiger charge is -2.14. The molecule has 2 aromatic carbocycles. The molecule has 1 heterocycles. The molecule has 142 valence electrons. The zero-order valence-corrected chi connectivity index (χ0v) is 14.9. The molecule has 27 heavy (non-hydrogen) atoms. The molecule has 0 radical (unpaired) electrons. The molecule has 0 N–H and O–H groups in total. The van der Waals surface area contributed by atoms with Gasteiger partial charge in [-0.15, -0.1) is 0 Å². The monoisotopic (exact) mass is 378 g/mol. The van der Waals surface area contributed by atoms with E-state index in [1.54, 1.807) is 12.1 Å². The normalized spacial score (nSPS) is 11.8. The van der Waals surface area contributed by atoms with Gasteiger partial charge in [-0.2, -0.15) is 13.2 Å². The molecule has 0 aliphatic heterocycles. The quantitative estimate of drug-likeness (QED) is 0.581. The van der Waals surface area contributed by atoms with E-state index in [1.807, 2.05) is 13.8 Å². The maximum absolute atomic E-state index is 13.5. The van der Waals surface area contributed by atoms with Gasteiger partial charge in [0.25, 0.3) is 5.76 Å². The Morgan fingerprint density at radius 3 is 2.19 bits per heavy atom. The van der Waals surface area contributed by atoms with Crippen LogP contribution in [0.1, 0.15) is 31.1 Å². The van der Waals surface area contributed by atoms with Crippen LogP contribution in [0.15, 0.2) is 51.7 Å².